The first kappa shape index (κ1) is 12.9. The molecule has 2 amide bonds. The number of nitrogens with one attached hydrogen (secondary N) is 4. The number of urea groups is 1. The second-order valence-corrected chi connectivity index (χ2v) is 4.94. The average molecular weight is 275 g/mol. The zero-order chi connectivity index (χ0) is 13.9. The Morgan fingerprint density at radius 3 is 3.20 bits per heavy atom. The van der Waals surface area contributed by atoms with Crippen molar-refractivity contribution in [3.63, 3.8) is 0 Å². The van der Waals surface area contributed by atoms with Gasteiger partial charge in [0.15, 0.2) is 0 Å². The van der Waals surface area contributed by atoms with Crippen molar-refractivity contribution < 1.29 is 9.90 Å². The number of carbonyl (C=O) groups excluding carboxylic acids is 1. The largest absolute Gasteiger partial charge is 0.391 e. The molecule has 5 N–H and O–H groups in total. The maximum atomic E-state index is 11.9. The topological polar surface area (TPSA) is 102 Å². The van der Waals surface area contributed by atoms with Crippen molar-refractivity contribution in [3.8, 4) is 0 Å². The Hall–Kier alpha value is -2.12. The molecule has 0 spiro atoms. The Morgan fingerprint density at radius 1 is 1.45 bits per heavy atom. The van der Waals surface area contributed by atoms with Gasteiger partial charge in [-0.25, -0.2) is 4.79 Å². The Labute approximate surface area is 115 Å². The van der Waals surface area contributed by atoms with Crippen LogP contribution in [0.25, 0.3) is 10.9 Å². The minimum Gasteiger partial charge on any atom is -0.391 e. The summed E-state index contributed by atoms with van der Waals surface area (Å²) in [6, 6.07) is 4.92. The number of H-pyrrole nitrogens is 1. The second-order valence-electron chi connectivity index (χ2n) is 4.94. The average Bonchev–Trinajstić information content (AvgIpc) is 2.89. The number of piperidine rings is 1. The normalized spacial score (nSPS) is 22.6. The lowest BCUT2D eigenvalue weighted by atomic mass is 10.0. The summed E-state index contributed by atoms with van der Waals surface area (Å²) < 4.78 is 0. The van der Waals surface area contributed by atoms with Crippen LogP contribution >= 0.6 is 0 Å². The molecular formula is C13H17N5O2. The monoisotopic (exact) mass is 275 g/mol. The molecule has 7 nitrogen and oxygen atoms in total. The lowest BCUT2D eigenvalue weighted by molar-refractivity contribution is 0.103. The maximum Gasteiger partial charge on any atom is 0.319 e. The molecule has 0 radical (unpaired) electrons. The van der Waals surface area contributed by atoms with Crippen molar-refractivity contribution in [2.24, 2.45) is 0 Å². The number of aliphatic hydroxyl groups is 1. The summed E-state index contributed by atoms with van der Waals surface area (Å²) in [5.41, 5.74) is 1.54. The van der Waals surface area contributed by atoms with E-state index in [2.05, 4.69) is 26.1 Å². The number of rotatable bonds is 2. The van der Waals surface area contributed by atoms with E-state index in [1.165, 1.54) is 0 Å². The number of aliphatic hydroxyl groups excluding tert-OH is 1. The summed E-state index contributed by atoms with van der Waals surface area (Å²) in [4.78, 5) is 11.9. The van der Waals surface area contributed by atoms with Gasteiger partial charge >= 0.3 is 6.03 Å². The molecule has 20 heavy (non-hydrogen) atoms. The first-order valence-electron chi connectivity index (χ1n) is 6.62. The fourth-order valence-corrected chi connectivity index (χ4v) is 2.34. The smallest absolute Gasteiger partial charge is 0.319 e. The zero-order valence-corrected chi connectivity index (χ0v) is 10.9. The van der Waals surface area contributed by atoms with E-state index in [9.17, 15) is 9.90 Å². The van der Waals surface area contributed by atoms with Crippen molar-refractivity contribution in [2.75, 3.05) is 18.4 Å². The first-order valence-corrected chi connectivity index (χ1v) is 6.62. The van der Waals surface area contributed by atoms with Crippen LogP contribution in [0.2, 0.25) is 0 Å². The number of anilines is 1. The molecule has 0 unspecified atom stereocenters. The Bertz CT molecular complexity index is 612. The molecule has 2 atom stereocenters. The second kappa shape index (κ2) is 5.48. The fraction of sp³-hybridized carbons (Fsp3) is 0.385. The van der Waals surface area contributed by atoms with Gasteiger partial charge in [0.1, 0.15) is 0 Å². The molecule has 1 fully saturated rings. The molecule has 3 rings (SSSR count). The molecule has 0 bridgehead atoms. The van der Waals surface area contributed by atoms with Gasteiger partial charge in [-0.2, -0.15) is 5.10 Å². The van der Waals surface area contributed by atoms with Crippen molar-refractivity contribution in [2.45, 2.75) is 18.6 Å². The molecule has 7 heteroatoms. The number of benzene rings is 1. The minimum absolute atomic E-state index is 0.264. The van der Waals surface area contributed by atoms with Gasteiger partial charge < -0.3 is 21.1 Å². The Balaban J connectivity index is 1.63. The van der Waals surface area contributed by atoms with Crippen LogP contribution in [0.1, 0.15) is 6.42 Å². The highest BCUT2D eigenvalue weighted by atomic mass is 16.3. The van der Waals surface area contributed by atoms with E-state index < -0.39 is 6.10 Å². The van der Waals surface area contributed by atoms with Gasteiger partial charge in [0, 0.05) is 17.6 Å². The van der Waals surface area contributed by atoms with E-state index in [4.69, 9.17) is 0 Å². The lowest BCUT2D eigenvalue weighted by Gasteiger charge is -2.29. The van der Waals surface area contributed by atoms with Crippen LogP contribution in [-0.2, 0) is 0 Å². The van der Waals surface area contributed by atoms with E-state index in [1.54, 1.807) is 6.20 Å². The summed E-state index contributed by atoms with van der Waals surface area (Å²) >= 11 is 0. The van der Waals surface area contributed by atoms with E-state index in [0.29, 0.717) is 18.7 Å². The SMILES string of the molecule is O=C(Nc1ccc2cn[nH]c2c1)N[C@@H]1CNCC[C@H]1O. The molecule has 1 aliphatic rings. The summed E-state index contributed by atoms with van der Waals surface area (Å²) in [5.74, 6) is 0. The predicted molar refractivity (Wildman–Crippen MR) is 75.5 cm³/mol. The molecule has 0 saturated carbocycles. The lowest BCUT2D eigenvalue weighted by Crippen LogP contribution is -2.54. The number of aromatic nitrogens is 2. The minimum atomic E-state index is -0.503. The van der Waals surface area contributed by atoms with E-state index in [1.807, 2.05) is 18.2 Å². The van der Waals surface area contributed by atoms with Gasteiger partial charge in [-0.1, -0.05) is 0 Å². The molecule has 1 aromatic heterocycles. The predicted octanol–water partition coefficient (Wildman–Crippen LogP) is 0.407. The Morgan fingerprint density at radius 2 is 2.35 bits per heavy atom. The van der Waals surface area contributed by atoms with E-state index in [-0.39, 0.29) is 12.1 Å². The number of fused-ring (bicyclic) bond motifs is 1. The number of amides is 2. The molecule has 2 aromatic rings. The number of hydrogen-bond donors (Lipinski definition) is 5. The molecular weight excluding hydrogens is 258 g/mol. The highest BCUT2D eigenvalue weighted by Crippen LogP contribution is 2.16. The molecule has 106 valence electrons. The van der Waals surface area contributed by atoms with Gasteiger partial charge in [-0.15, -0.1) is 0 Å². The van der Waals surface area contributed by atoms with Crippen LogP contribution in [0.4, 0.5) is 10.5 Å². The third-order valence-corrected chi connectivity index (χ3v) is 3.46. The van der Waals surface area contributed by atoms with Gasteiger partial charge in [-0.3, -0.25) is 5.10 Å². The number of carbonyl (C=O) groups is 1. The zero-order valence-electron chi connectivity index (χ0n) is 10.9. The molecule has 1 aliphatic heterocycles. The van der Waals surface area contributed by atoms with Gasteiger partial charge in [0.25, 0.3) is 0 Å². The summed E-state index contributed by atoms with van der Waals surface area (Å²) in [6.45, 7) is 1.35. The third kappa shape index (κ3) is 2.73. The van der Waals surface area contributed by atoms with E-state index >= 15 is 0 Å². The van der Waals surface area contributed by atoms with Crippen molar-refractivity contribution in [1.29, 1.82) is 0 Å². The van der Waals surface area contributed by atoms with Crippen molar-refractivity contribution >= 4 is 22.6 Å². The van der Waals surface area contributed by atoms with E-state index in [0.717, 1.165) is 17.4 Å². The molecule has 2 heterocycles. The number of aromatic amines is 1. The van der Waals surface area contributed by atoms with Gasteiger partial charge in [0.2, 0.25) is 0 Å². The standard InChI is InChI=1S/C13H17N5O2/c19-12-3-4-14-7-11(12)17-13(20)16-9-2-1-8-6-15-18-10(8)5-9/h1-2,5-6,11-12,14,19H,3-4,7H2,(H,15,18)(H2,16,17,20)/t11-,12-/m1/s1. The summed E-state index contributed by atoms with van der Waals surface area (Å²) in [5, 5.41) is 26.2. The van der Waals surface area contributed by atoms with Crippen molar-refractivity contribution in [3.05, 3.63) is 24.4 Å². The van der Waals surface area contributed by atoms with Crippen LogP contribution in [0, 0.1) is 0 Å². The summed E-state index contributed by atoms with van der Waals surface area (Å²) in [7, 11) is 0. The van der Waals surface area contributed by atoms with Gasteiger partial charge in [0.05, 0.1) is 23.9 Å². The van der Waals surface area contributed by atoms with Crippen LogP contribution in [0.5, 0.6) is 0 Å². The number of nitrogens with zero attached hydrogens (tertiary/aromatic N) is 1. The first-order chi connectivity index (χ1) is 9.72. The van der Waals surface area contributed by atoms with Crippen molar-refractivity contribution in [1.82, 2.24) is 20.8 Å². The molecule has 1 aromatic carbocycles. The van der Waals surface area contributed by atoms with Crippen LogP contribution in [-0.4, -0.2) is 46.6 Å². The summed E-state index contributed by atoms with van der Waals surface area (Å²) in [6.07, 6.45) is 1.87. The van der Waals surface area contributed by atoms with Crippen LogP contribution in [0.15, 0.2) is 24.4 Å². The Kier molecular flexibility index (Phi) is 3.53. The van der Waals surface area contributed by atoms with Crippen LogP contribution in [0.3, 0.4) is 0 Å². The quantitative estimate of drug-likeness (QED) is 0.547. The molecule has 0 aliphatic carbocycles. The van der Waals surface area contributed by atoms with Crippen LogP contribution < -0.4 is 16.0 Å². The maximum absolute atomic E-state index is 11.9. The highest BCUT2D eigenvalue weighted by Gasteiger charge is 2.24. The molecule has 1 saturated heterocycles. The fourth-order valence-electron chi connectivity index (χ4n) is 2.34. The third-order valence-electron chi connectivity index (χ3n) is 3.46. The number of hydrogen-bond acceptors (Lipinski definition) is 4. The van der Waals surface area contributed by atoms with Gasteiger partial charge in [-0.05, 0) is 31.2 Å². The highest BCUT2D eigenvalue weighted by molar-refractivity contribution is 5.92.